The van der Waals surface area contributed by atoms with Gasteiger partial charge in [-0.15, -0.1) is 0 Å². The lowest BCUT2D eigenvalue weighted by molar-refractivity contribution is -0.304. The number of nitrogens with zero attached hydrogens (tertiary/aromatic N) is 1. The lowest BCUT2D eigenvalue weighted by atomic mass is 9.83. The van der Waals surface area contributed by atoms with Gasteiger partial charge in [0.15, 0.2) is 12.1 Å². The summed E-state index contributed by atoms with van der Waals surface area (Å²) in [6, 6.07) is 14.4. The van der Waals surface area contributed by atoms with Crippen LogP contribution in [0.15, 0.2) is 139 Å². The standard InChI is InChI=1S/C63H86N2O18/c1-38-22-16-14-12-10-8-6-7-9-11-13-15-17-23-45(82-61-60(75)57(59(74)41(4)81-61)65-62(76)79-37-51-48-26-20-18-24-46(48)47-25-19-21-27-49(47)51)33-55-50(36-64-78-5)54(71)35-63(77,83-55)34-44(68)31-53(70)52(69)29-28-42(66)30-43(67)32-56(72)80-40(3)39(2)58(38)73/h6-27,36,38-45,50-55,57-61,66-71,73-75,77H,28-35,37H2,1-5H3,(H,65,76)/b7-6?,10-8?,11-9?,14-12?,15-13?,22-16?,23-17?,64-36-/t38-,39-,40-,41+,42+,43+,44-,45-,50+,52+,53+,54-,55-,57-,58+,59+,60-,61-,63+/m0/s1. The zero-order valence-electron chi connectivity index (χ0n) is 47.8. The Kier molecular flexibility index (Phi) is 26.1. The molecule has 0 unspecified atom stereocenters. The quantitative estimate of drug-likeness (QED) is 0.100. The summed E-state index contributed by atoms with van der Waals surface area (Å²) in [7, 11) is 1.30. The van der Waals surface area contributed by atoms with Crippen LogP contribution in [0.1, 0.15) is 96.1 Å². The maximum absolute atomic E-state index is 13.5. The van der Waals surface area contributed by atoms with Gasteiger partial charge < -0.3 is 84.9 Å². The number of aliphatic hydroxyl groups is 10. The largest absolute Gasteiger partial charge is 0.462 e. The number of cyclic esters (lactones) is 1. The van der Waals surface area contributed by atoms with Gasteiger partial charge in [0.05, 0.1) is 85.6 Å². The van der Waals surface area contributed by atoms with Gasteiger partial charge >= 0.3 is 12.1 Å². The molecule has 2 aromatic carbocycles. The lowest BCUT2D eigenvalue weighted by Crippen LogP contribution is -2.64. The van der Waals surface area contributed by atoms with Crippen LogP contribution in [0.5, 0.6) is 0 Å². The van der Waals surface area contributed by atoms with Gasteiger partial charge in [-0.2, -0.15) is 0 Å². The molecule has 2 aromatic rings. The number of hydrogen-bond acceptors (Lipinski definition) is 19. The van der Waals surface area contributed by atoms with Gasteiger partial charge in [0, 0.05) is 43.4 Å². The minimum atomic E-state index is -2.23. The first kappa shape index (κ1) is 66.4. The van der Waals surface area contributed by atoms with Crippen molar-refractivity contribution < 1.29 is 89.2 Å². The second kappa shape index (κ2) is 32.6. The fourth-order valence-corrected chi connectivity index (χ4v) is 10.9. The molecule has 0 spiro atoms. The van der Waals surface area contributed by atoms with Crippen LogP contribution < -0.4 is 5.32 Å². The van der Waals surface area contributed by atoms with Gasteiger partial charge in [0.1, 0.15) is 32.0 Å². The first-order chi connectivity index (χ1) is 39.7. The highest BCUT2D eigenvalue weighted by molar-refractivity contribution is 5.79. The number of oxime groups is 1. The van der Waals surface area contributed by atoms with Crippen molar-refractivity contribution >= 4 is 18.3 Å². The summed E-state index contributed by atoms with van der Waals surface area (Å²) in [6.45, 7) is 6.76. The number of carbonyl (C=O) groups excluding carboxylic acids is 2. The normalized spacial score (nSPS) is 36.0. The highest BCUT2D eigenvalue weighted by atomic mass is 16.7. The Morgan fingerprint density at radius 1 is 0.675 bits per heavy atom. The summed E-state index contributed by atoms with van der Waals surface area (Å²) in [6.07, 6.45) is 5.04. The van der Waals surface area contributed by atoms with E-state index in [-0.39, 0.29) is 44.1 Å². The van der Waals surface area contributed by atoms with Crippen molar-refractivity contribution in [1.82, 2.24) is 5.32 Å². The number of amides is 1. The average molecular weight is 1160 g/mol. The predicted molar refractivity (Wildman–Crippen MR) is 309 cm³/mol. The van der Waals surface area contributed by atoms with Crippen molar-refractivity contribution in [2.75, 3.05) is 13.7 Å². The third-order valence-corrected chi connectivity index (χ3v) is 15.7. The highest BCUT2D eigenvalue weighted by Gasteiger charge is 2.49. The lowest BCUT2D eigenvalue weighted by Gasteiger charge is -2.45. The van der Waals surface area contributed by atoms with Crippen LogP contribution in [0.3, 0.4) is 0 Å². The number of alkyl carbamates (subject to hydrolysis) is 1. The fourth-order valence-electron chi connectivity index (χ4n) is 10.9. The summed E-state index contributed by atoms with van der Waals surface area (Å²) >= 11 is 0. The molecule has 2 bridgehead atoms. The molecule has 0 saturated carbocycles. The van der Waals surface area contributed by atoms with Gasteiger partial charge in [-0.25, -0.2) is 4.79 Å². The molecular formula is C63H86N2O18. The monoisotopic (exact) mass is 1160 g/mol. The van der Waals surface area contributed by atoms with Crippen LogP contribution in [0.2, 0.25) is 0 Å². The molecule has 1 amide bonds. The van der Waals surface area contributed by atoms with Crippen LogP contribution in [0.4, 0.5) is 4.79 Å². The Labute approximate surface area is 486 Å². The maximum atomic E-state index is 13.5. The number of benzene rings is 2. The number of esters is 1. The zero-order valence-corrected chi connectivity index (χ0v) is 47.8. The summed E-state index contributed by atoms with van der Waals surface area (Å²) in [5, 5.41) is 119. The zero-order chi connectivity index (χ0) is 60.2. The van der Waals surface area contributed by atoms with E-state index in [2.05, 4.69) is 10.5 Å². The van der Waals surface area contributed by atoms with E-state index in [0.717, 1.165) is 22.3 Å². The number of allylic oxidation sites excluding steroid dienone is 12. The summed E-state index contributed by atoms with van der Waals surface area (Å²) in [4.78, 5) is 31.2. The molecule has 83 heavy (non-hydrogen) atoms. The van der Waals surface area contributed by atoms with Crippen LogP contribution in [0.25, 0.3) is 11.1 Å². The van der Waals surface area contributed by atoms with Crippen LogP contribution in [0, 0.1) is 17.8 Å². The molecular weight excluding hydrogens is 1070 g/mol. The molecule has 456 valence electrons. The molecule has 6 rings (SSSR count). The Morgan fingerprint density at radius 3 is 1.88 bits per heavy atom. The fraction of sp³-hybridized carbons (Fsp3) is 0.540. The molecule has 3 aliphatic heterocycles. The second-order valence-corrected chi connectivity index (χ2v) is 22.1. The third-order valence-electron chi connectivity index (χ3n) is 15.7. The van der Waals surface area contributed by atoms with Crippen molar-refractivity contribution in [3.05, 3.63) is 145 Å². The smallest absolute Gasteiger partial charge is 0.407 e. The average Bonchev–Trinajstić information content (AvgIpc) is 3.82. The minimum Gasteiger partial charge on any atom is -0.462 e. The van der Waals surface area contributed by atoms with E-state index >= 15 is 0 Å². The summed E-state index contributed by atoms with van der Waals surface area (Å²) in [5.41, 5.74) is 4.07. The Morgan fingerprint density at radius 2 is 1.27 bits per heavy atom. The van der Waals surface area contributed by atoms with Gasteiger partial charge in [-0.1, -0.05) is 153 Å². The highest BCUT2D eigenvalue weighted by Crippen LogP contribution is 2.45. The topological polar surface area (TPSA) is 316 Å². The maximum Gasteiger partial charge on any atom is 0.407 e. The molecule has 20 heteroatoms. The number of nitrogens with one attached hydrogen (secondary N) is 1. The van der Waals surface area contributed by atoms with Crippen LogP contribution >= 0.6 is 0 Å². The van der Waals surface area contributed by atoms with Crippen molar-refractivity contribution in [3.63, 3.8) is 0 Å². The van der Waals surface area contributed by atoms with Crippen LogP contribution in [-0.2, 0) is 33.3 Å². The van der Waals surface area contributed by atoms with E-state index in [4.69, 9.17) is 28.5 Å². The molecule has 4 aliphatic rings. The molecule has 0 aromatic heterocycles. The van der Waals surface area contributed by atoms with Crippen molar-refractivity contribution in [3.8, 4) is 11.1 Å². The molecule has 20 nitrogen and oxygen atoms in total. The minimum absolute atomic E-state index is 0.0256. The molecule has 3 heterocycles. The molecule has 0 radical (unpaired) electrons. The third kappa shape index (κ3) is 19.7. The van der Waals surface area contributed by atoms with Crippen molar-refractivity contribution in [2.45, 2.75) is 182 Å². The number of aliphatic hydroxyl groups excluding tert-OH is 9. The second-order valence-electron chi connectivity index (χ2n) is 22.1. The Balaban J connectivity index is 1.20. The number of ether oxygens (including phenoxy) is 5. The van der Waals surface area contributed by atoms with E-state index in [0.29, 0.717) is 0 Å². The van der Waals surface area contributed by atoms with E-state index < -0.39 is 147 Å². The van der Waals surface area contributed by atoms with Gasteiger partial charge in [0.25, 0.3) is 0 Å². The number of carbonyl (C=O) groups is 2. The Bertz CT molecular complexity index is 2560. The first-order valence-electron chi connectivity index (χ1n) is 28.6. The van der Waals surface area contributed by atoms with Crippen molar-refractivity contribution in [1.29, 1.82) is 0 Å². The molecule has 11 N–H and O–H groups in total. The first-order valence-corrected chi connectivity index (χ1v) is 28.6. The summed E-state index contributed by atoms with van der Waals surface area (Å²) in [5.74, 6) is -4.90. The SMILES string of the molecule is CO/N=C\[C@H]1[C@@H]2C[C@@H](O[C@@H]3O[C@H](C)[C@@H](O)[C@H](NC(=O)OCC4c5ccccc5-c5ccccc54)[C@@H]3O)C=CC=CC=CC=CC=CC=CC=C[C@H](C)[C@@H](O)[C@@H](C)[C@H](C)OC(=O)C[C@H](O)C[C@H](O)CC[C@@H](O)[C@H](O)C[C@H](O)C[C@](O)(C[C@@H]1O)O2. The molecule has 1 aliphatic carbocycles. The summed E-state index contributed by atoms with van der Waals surface area (Å²) < 4.78 is 30.1. The molecule has 2 fully saturated rings. The van der Waals surface area contributed by atoms with E-state index in [1.165, 1.54) is 13.3 Å². The van der Waals surface area contributed by atoms with E-state index in [1.54, 1.807) is 63.3 Å². The van der Waals surface area contributed by atoms with E-state index in [9.17, 15) is 60.7 Å². The van der Waals surface area contributed by atoms with E-state index in [1.807, 2.05) is 98.0 Å². The van der Waals surface area contributed by atoms with Crippen molar-refractivity contribution in [2.24, 2.45) is 22.9 Å². The molecule has 19 atom stereocenters. The molecule has 2 saturated heterocycles. The number of hydrogen-bond donors (Lipinski definition) is 11. The van der Waals surface area contributed by atoms with Gasteiger partial charge in [-0.3, -0.25) is 4.79 Å². The van der Waals surface area contributed by atoms with Crippen LogP contribution in [-0.4, -0.2) is 181 Å². The number of rotatable bonds is 7. The van der Waals surface area contributed by atoms with Gasteiger partial charge in [-0.05, 0) is 55.4 Å². The Hall–Kier alpha value is -5.69. The number of fused-ring (bicyclic) bond motifs is 5. The van der Waals surface area contributed by atoms with Gasteiger partial charge in [0.2, 0.25) is 0 Å². The predicted octanol–water partition coefficient (Wildman–Crippen LogP) is 4.84.